The van der Waals surface area contributed by atoms with Gasteiger partial charge < -0.3 is 15.7 Å². The quantitative estimate of drug-likeness (QED) is 0.831. The van der Waals surface area contributed by atoms with Crippen LogP contribution in [0.1, 0.15) is 19.4 Å². The van der Waals surface area contributed by atoms with Crippen molar-refractivity contribution in [1.29, 1.82) is 5.26 Å². The van der Waals surface area contributed by atoms with E-state index >= 15 is 0 Å². The average molecular weight is 275 g/mol. The smallest absolute Gasteiger partial charge is 0.153 e. The molecule has 0 bridgehead atoms. The van der Waals surface area contributed by atoms with Gasteiger partial charge in [-0.2, -0.15) is 5.26 Å². The van der Waals surface area contributed by atoms with Crippen LogP contribution in [-0.4, -0.2) is 53.3 Å². The predicted molar refractivity (Wildman–Crippen MR) is 78.3 cm³/mol. The molecule has 2 rings (SSSR count). The van der Waals surface area contributed by atoms with Crippen LogP contribution >= 0.6 is 0 Å². The minimum absolute atomic E-state index is 0.450. The molecule has 0 aromatic carbocycles. The van der Waals surface area contributed by atoms with Gasteiger partial charge in [-0.3, -0.25) is 4.90 Å². The van der Waals surface area contributed by atoms with E-state index in [9.17, 15) is 5.11 Å². The molecular weight excluding hydrogens is 254 g/mol. The SMILES string of the molecule is CC(C)(O)CN1CCN(c2nccc(C#N)c2N)CC1. The molecule has 20 heavy (non-hydrogen) atoms. The number of anilines is 2. The third-order valence-corrected chi connectivity index (χ3v) is 3.37. The number of nitriles is 1. The molecule has 1 fully saturated rings. The van der Waals surface area contributed by atoms with Gasteiger partial charge >= 0.3 is 0 Å². The lowest BCUT2D eigenvalue weighted by Crippen LogP contribution is -2.50. The first-order chi connectivity index (χ1) is 9.40. The fourth-order valence-electron chi connectivity index (χ4n) is 2.48. The van der Waals surface area contributed by atoms with Gasteiger partial charge in [0, 0.05) is 38.9 Å². The van der Waals surface area contributed by atoms with E-state index in [4.69, 9.17) is 11.0 Å². The van der Waals surface area contributed by atoms with Crippen LogP contribution in [0.15, 0.2) is 12.3 Å². The fraction of sp³-hybridized carbons (Fsp3) is 0.571. The zero-order valence-corrected chi connectivity index (χ0v) is 12.0. The van der Waals surface area contributed by atoms with Crippen LogP contribution in [0, 0.1) is 11.3 Å². The molecule has 6 nitrogen and oxygen atoms in total. The van der Waals surface area contributed by atoms with Gasteiger partial charge in [0.05, 0.1) is 16.9 Å². The Kier molecular flexibility index (Phi) is 4.12. The number of β-amino-alcohol motifs (C(OH)–C–C–N with tert-alkyl or cyclic N) is 1. The van der Waals surface area contributed by atoms with E-state index in [1.807, 2.05) is 13.8 Å². The van der Waals surface area contributed by atoms with Crippen molar-refractivity contribution in [2.45, 2.75) is 19.4 Å². The molecule has 0 amide bonds. The number of rotatable bonds is 3. The standard InChI is InChI=1S/C14H21N5O/c1-14(2,20)10-18-5-7-19(8-6-18)13-12(16)11(9-15)3-4-17-13/h3-4,20H,5-8,10,16H2,1-2H3. The number of hydrogen-bond acceptors (Lipinski definition) is 6. The Morgan fingerprint density at radius 2 is 2.05 bits per heavy atom. The van der Waals surface area contributed by atoms with Crippen molar-refractivity contribution >= 4 is 11.5 Å². The van der Waals surface area contributed by atoms with E-state index < -0.39 is 5.60 Å². The lowest BCUT2D eigenvalue weighted by atomic mass is 10.1. The number of nitrogens with zero attached hydrogens (tertiary/aromatic N) is 4. The monoisotopic (exact) mass is 275 g/mol. The number of hydrogen-bond donors (Lipinski definition) is 2. The molecule has 3 N–H and O–H groups in total. The highest BCUT2D eigenvalue weighted by Gasteiger charge is 2.24. The third kappa shape index (κ3) is 3.38. The molecular formula is C14H21N5O. The van der Waals surface area contributed by atoms with Gasteiger partial charge in [-0.1, -0.05) is 0 Å². The minimum atomic E-state index is -0.680. The summed E-state index contributed by atoms with van der Waals surface area (Å²) in [7, 11) is 0. The first-order valence-electron chi connectivity index (χ1n) is 6.75. The average Bonchev–Trinajstić information content (AvgIpc) is 2.38. The van der Waals surface area contributed by atoms with Crippen LogP contribution in [0.2, 0.25) is 0 Å². The number of nitrogens with two attached hydrogens (primary N) is 1. The summed E-state index contributed by atoms with van der Waals surface area (Å²) in [5.74, 6) is 0.687. The Morgan fingerprint density at radius 3 is 2.60 bits per heavy atom. The fourth-order valence-corrected chi connectivity index (χ4v) is 2.48. The second kappa shape index (κ2) is 5.65. The van der Waals surface area contributed by atoms with Crippen LogP contribution in [0.3, 0.4) is 0 Å². The molecule has 1 aromatic rings. The maximum atomic E-state index is 9.84. The zero-order chi connectivity index (χ0) is 14.8. The van der Waals surface area contributed by atoms with Crippen molar-refractivity contribution in [2.24, 2.45) is 0 Å². The summed E-state index contributed by atoms with van der Waals surface area (Å²) in [6.45, 7) is 7.57. The number of piperazine rings is 1. The number of aromatic nitrogens is 1. The molecule has 0 spiro atoms. The Labute approximate surface area is 119 Å². The highest BCUT2D eigenvalue weighted by Crippen LogP contribution is 2.24. The van der Waals surface area contributed by atoms with Crippen molar-refractivity contribution < 1.29 is 5.11 Å². The molecule has 0 unspecified atom stereocenters. The summed E-state index contributed by atoms with van der Waals surface area (Å²) in [5.41, 5.74) is 6.22. The second-order valence-corrected chi connectivity index (χ2v) is 5.78. The topological polar surface area (TPSA) is 89.4 Å². The van der Waals surface area contributed by atoms with Gasteiger partial charge in [-0.05, 0) is 19.9 Å². The van der Waals surface area contributed by atoms with Crippen molar-refractivity contribution in [3.8, 4) is 6.07 Å². The highest BCUT2D eigenvalue weighted by molar-refractivity contribution is 5.70. The maximum Gasteiger partial charge on any atom is 0.153 e. The largest absolute Gasteiger partial charge is 0.395 e. The molecule has 2 heterocycles. The molecule has 0 aliphatic carbocycles. The normalized spacial score (nSPS) is 17.0. The van der Waals surface area contributed by atoms with E-state index in [2.05, 4.69) is 20.9 Å². The molecule has 1 aliphatic rings. The lowest BCUT2D eigenvalue weighted by Gasteiger charge is -2.38. The molecule has 1 aliphatic heterocycles. The second-order valence-electron chi connectivity index (χ2n) is 5.78. The number of aliphatic hydroxyl groups is 1. The van der Waals surface area contributed by atoms with E-state index in [0.29, 0.717) is 23.6 Å². The molecule has 0 atom stereocenters. The van der Waals surface area contributed by atoms with Crippen LogP contribution in [0.4, 0.5) is 11.5 Å². The number of pyridine rings is 1. The van der Waals surface area contributed by atoms with Gasteiger partial charge in [-0.15, -0.1) is 0 Å². The van der Waals surface area contributed by atoms with Crippen LogP contribution in [0.5, 0.6) is 0 Å². The summed E-state index contributed by atoms with van der Waals surface area (Å²) in [6.07, 6.45) is 1.62. The van der Waals surface area contributed by atoms with Crippen molar-refractivity contribution in [1.82, 2.24) is 9.88 Å². The summed E-state index contributed by atoms with van der Waals surface area (Å²) in [4.78, 5) is 8.61. The van der Waals surface area contributed by atoms with E-state index in [-0.39, 0.29) is 0 Å². The Morgan fingerprint density at radius 1 is 1.40 bits per heavy atom. The summed E-state index contributed by atoms with van der Waals surface area (Å²) in [5, 5.41) is 18.8. The van der Waals surface area contributed by atoms with Crippen molar-refractivity contribution in [3.63, 3.8) is 0 Å². The zero-order valence-electron chi connectivity index (χ0n) is 12.0. The molecule has 0 radical (unpaired) electrons. The lowest BCUT2D eigenvalue weighted by molar-refractivity contribution is 0.0345. The van der Waals surface area contributed by atoms with Crippen molar-refractivity contribution in [2.75, 3.05) is 43.4 Å². The Balaban J connectivity index is 2.03. The Bertz CT molecular complexity index is 509. The summed E-state index contributed by atoms with van der Waals surface area (Å²) < 4.78 is 0. The van der Waals surface area contributed by atoms with E-state index in [0.717, 1.165) is 26.2 Å². The predicted octanol–water partition coefficient (Wildman–Crippen LogP) is 0.428. The third-order valence-electron chi connectivity index (χ3n) is 3.37. The van der Waals surface area contributed by atoms with Gasteiger partial charge in [0.2, 0.25) is 0 Å². The van der Waals surface area contributed by atoms with Gasteiger partial charge in [0.15, 0.2) is 5.82 Å². The number of nitrogen functional groups attached to an aromatic ring is 1. The minimum Gasteiger partial charge on any atom is -0.395 e. The maximum absolute atomic E-state index is 9.84. The molecule has 108 valence electrons. The van der Waals surface area contributed by atoms with E-state index in [1.165, 1.54) is 0 Å². The van der Waals surface area contributed by atoms with Gasteiger partial charge in [-0.25, -0.2) is 4.98 Å². The molecule has 1 aromatic heterocycles. The van der Waals surface area contributed by atoms with Gasteiger partial charge in [0.1, 0.15) is 6.07 Å². The van der Waals surface area contributed by atoms with Crippen molar-refractivity contribution in [3.05, 3.63) is 17.8 Å². The van der Waals surface area contributed by atoms with Gasteiger partial charge in [0.25, 0.3) is 0 Å². The van der Waals surface area contributed by atoms with Crippen LogP contribution < -0.4 is 10.6 Å². The Hall–Kier alpha value is -1.84. The molecule has 0 saturated carbocycles. The first kappa shape index (κ1) is 14.6. The highest BCUT2D eigenvalue weighted by atomic mass is 16.3. The van der Waals surface area contributed by atoms with Crippen LogP contribution in [-0.2, 0) is 0 Å². The molecule has 1 saturated heterocycles. The first-order valence-corrected chi connectivity index (χ1v) is 6.75. The van der Waals surface area contributed by atoms with Crippen LogP contribution in [0.25, 0.3) is 0 Å². The summed E-state index contributed by atoms with van der Waals surface area (Å²) in [6, 6.07) is 3.71. The summed E-state index contributed by atoms with van der Waals surface area (Å²) >= 11 is 0. The molecule has 6 heteroatoms. The van der Waals surface area contributed by atoms with E-state index in [1.54, 1.807) is 12.3 Å².